The van der Waals surface area contributed by atoms with Gasteiger partial charge in [0.1, 0.15) is 0 Å². The maximum absolute atomic E-state index is 12.0. The van der Waals surface area contributed by atoms with Gasteiger partial charge in [-0.3, -0.25) is 9.78 Å². The zero-order valence-electron chi connectivity index (χ0n) is 12.2. The van der Waals surface area contributed by atoms with Crippen molar-refractivity contribution < 1.29 is 4.79 Å². The molecular formula is C17H17N3OS. The van der Waals surface area contributed by atoms with Gasteiger partial charge in [0.2, 0.25) is 0 Å². The van der Waals surface area contributed by atoms with Gasteiger partial charge in [0, 0.05) is 18.1 Å². The van der Waals surface area contributed by atoms with E-state index in [1.807, 2.05) is 30.3 Å². The van der Waals surface area contributed by atoms with Crippen LogP contribution in [0.2, 0.25) is 0 Å². The Morgan fingerprint density at radius 1 is 1.32 bits per heavy atom. The molecule has 1 atom stereocenters. The van der Waals surface area contributed by atoms with Crippen molar-refractivity contribution in [1.29, 1.82) is 0 Å². The molecule has 1 aromatic carbocycles. The molecule has 2 aromatic rings. The molecule has 0 saturated carbocycles. The number of thioether (sulfide) groups is 1. The molecule has 1 aliphatic heterocycles. The summed E-state index contributed by atoms with van der Waals surface area (Å²) in [4.78, 5) is 16.8. The fourth-order valence-electron chi connectivity index (χ4n) is 2.17. The molecule has 0 radical (unpaired) electrons. The van der Waals surface area contributed by atoms with Crippen molar-refractivity contribution in [2.75, 3.05) is 5.32 Å². The fraction of sp³-hybridized carbons (Fsp3) is 0.176. The van der Waals surface area contributed by atoms with Crippen molar-refractivity contribution >= 4 is 29.4 Å². The van der Waals surface area contributed by atoms with Crippen molar-refractivity contribution in [2.24, 2.45) is 0 Å². The maximum Gasteiger partial charge on any atom is 0.260 e. The predicted molar refractivity (Wildman–Crippen MR) is 91.2 cm³/mol. The summed E-state index contributed by atoms with van der Waals surface area (Å²) < 4.78 is 0. The molecule has 1 aromatic heterocycles. The summed E-state index contributed by atoms with van der Waals surface area (Å²) in [7, 11) is 0. The number of aromatic nitrogens is 1. The zero-order valence-corrected chi connectivity index (χ0v) is 13.1. The van der Waals surface area contributed by atoms with Crippen LogP contribution in [-0.2, 0) is 11.2 Å². The van der Waals surface area contributed by atoms with Gasteiger partial charge in [-0.25, -0.2) is 0 Å². The van der Waals surface area contributed by atoms with Crippen LogP contribution in [0.1, 0.15) is 18.1 Å². The lowest BCUT2D eigenvalue weighted by Crippen LogP contribution is -2.30. The van der Waals surface area contributed by atoms with Gasteiger partial charge >= 0.3 is 0 Å². The molecule has 0 bridgehead atoms. The monoisotopic (exact) mass is 311 g/mol. The normalized spacial score (nSPS) is 19.2. The Balaban J connectivity index is 1.67. The Kier molecular flexibility index (Phi) is 4.44. The van der Waals surface area contributed by atoms with Crippen molar-refractivity contribution in [3.8, 4) is 0 Å². The summed E-state index contributed by atoms with van der Waals surface area (Å²) in [6.07, 6.45) is 6.33. The second-order valence-electron chi connectivity index (χ2n) is 4.96. The van der Waals surface area contributed by atoms with Crippen LogP contribution in [0.5, 0.6) is 0 Å². The number of hydrogen-bond acceptors (Lipinski definition) is 4. The smallest absolute Gasteiger partial charge is 0.260 e. The summed E-state index contributed by atoms with van der Waals surface area (Å²) >= 11 is 1.48. The number of aryl methyl sites for hydroxylation is 1. The summed E-state index contributed by atoms with van der Waals surface area (Å²) in [6.45, 7) is 2.13. The molecule has 0 aliphatic carbocycles. The Morgan fingerprint density at radius 3 is 2.82 bits per heavy atom. The maximum atomic E-state index is 12.0. The van der Waals surface area contributed by atoms with Gasteiger partial charge in [0.25, 0.3) is 5.91 Å². The summed E-state index contributed by atoms with van der Waals surface area (Å²) in [6, 6.07) is 12.0. The third-order valence-corrected chi connectivity index (χ3v) is 4.40. The molecule has 1 fully saturated rings. The van der Waals surface area contributed by atoms with Crippen LogP contribution in [-0.4, -0.2) is 16.4 Å². The molecule has 112 valence electrons. The van der Waals surface area contributed by atoms with Gasteiger partial charge in [-0.05, 0) is 41.8 Å². The largest absolute Gasteiger partial charge is 0.357 e. The second-order valence-corrected chi connectivity index (χ2v) is 6.11. The van der Waals surface area contributed by atoms with Crippen molar-refractivity contribution in [2.45, 2.75) is 18.8 Å². The zero-order chi connectivity index (χ0) is 15.4. The highest BCUT2D eigenvalue weighted by Gasteiger charge is 2.26. The van der Waals surface area contributed by atoms with E-state index in [1.54, 1.807) is 12.4 Å². The van der Waals surface area contributed by atoms with Crippen LogP contribution in [0.25, 0.3) is 6.08 Å². The average molecular weight is 311 g/mol. The number of anilines is 1. The first kappa shape index (κ1) is 14.7. The lowest BCUT2D eigenvalue weighted by atomic mass is 10.1. The Bertz CT molecular complexity index is 683. The molecule has 1 aliphatic rings. The van der Waals surface area contributed by atoms with E-state index in [-0.39, 0.29) is 11.4 Å². The highest BCUT2D eigenvalue weighted by Crippen LogP contribution is 2.30. The molecule has 5 heteroatoms. The Labute approximate surface area is 134 Å². The van der Waals surface area contributed by atoms with Gasteiger partial charge in [0.05, 0.1) is 4.91 Å². The molecule has 3 rings (SSSR count). The van der Waals surface area contributed by atoms with Crippen LogP contribution >= 0.6 is 11.8 Å². The Morgan fingerprint density at radius 2 is 2.14 bits per heavy atom. The van der Waals surface area contributed by atoms with Crippen LogP contribution in [0.3, 0.4) is 0 Å². The first-order valence-electron chi connectivity index (χ1n) is 7.19. The van der Waals surface area contributed by atoms with Crippen LogP contribution in [0.15, 0.2) is 53.7 Å². The van der Waals surface area contributed by atoms with Gasteiger partial charge < -0.3 is 10.6 Å². The molecule has 1 amide bonds. The molecule has 2 N–H and O–H groups in total. The molecule has 4 nitrogen and oxygen atoms in total. The highest BCUT2D eigenvalue weighted by molar-refractivity contribution is 8.05. The fourth-order valence-corrected chi connectivity index (χ4v) is 3.15. The Hall–Kier alpha value is -2.27. The van der Waals surface area contributed by atoms with Crippen molar-refractivity contribution in [3.05, 3.63) is 64.8 Å². The first-order chi connectivity index (χ1) is 10.7. The van der Waals surface area contributed by atoms with Crippen molar-refractivity contribution in [1.82, 2.24) is 10.3 Å². The van der Waals surface area contributed by atoms with Gasteiger partial charge in [-0.15, -0.1) is 0 Å². The van der Waals surface area contributed by atoms with E-state index in [2.05, 4.69) is 34.7 Å². The van der Waals surface area contributed by atoms with E-state index in [4.69, 9.17) is 0 Å². The van der Waals surface area contributed by atoms with Crippen LogP contribution in [0, 0.1) is 0 Å². The lowest BCUT2D eigenvalue weighted by molar-refractivity contribution is -0.116. The predicted octanol–water partition coefficient (Wildman–Crippen LogP) is 3.24. The number of benzene rings is 1. The van der Waals surface area contributed by atoms with Crippen molar-refractivity contribution in [3.63, 3.8) is 0 Å². The molecule has 22 heavy (non-hydrogen) atoms. The minimum absolute atomic E-state index is 0.0588. The number of carbonyl (C=O) groups excluding carboxylic acids is 1. The number of rotatable bonds is 4. The topological polar surface area (TPSA) is 54.0 Å². The van der Waals surface area contributed by atoms with E-state index < -0.39 is 0 Å². The molecule has 1 saturated heterocycles. The minimum Gasteiger partial charge on any atom is -0.357 e. The standard InChI is InChI=1S/C17H17N3OS/c1-2-12-5-7-14(8-6-12)19-17-20-16(21)15(22-17)10-13-4-3-9-18-11-13/h3-11,17,19H,2H2,1H3,(H,20,21)/b15-10-/t17-/m1/s1. The summed E-state index contributed by atoms with van der Waals surface area (Å²) in [5.41, 5.74) is 3.07. The second kappa shape index (κ2) is 6.66. The third kappa shape index (κ3) is 3.49. The van der Waals surface area contributed by atoms with E-state index in [0.29, 0.717) is 4.91 Å². The van der Waals surface area contributed by atoms with Gasteiger partial charge in [-0.2, -0.15) is 0 Å². The van der Waals surface area contributed by atoms with E-state index in [1.165, 1.54) is 17.3 Å². The number of nitrogens with zero attached hydrogens (tertiary/aromatic N) is 1. The summed E-state index contributed by atoms with van der Waals surface area (Å²) in [5, 5.41) is 6.24. The number of carbonyl (C=O) groups is 1. The van der Waals surface area contributed by atoms with E-state index in [0.717, 1.165) is 17.7 Å². The highest BCUT2D eigenvalue weighted by atomic mass is 32.2. The third-order valence-electron chi connectivity index (χ3n) is 3.37. The molecule has 0 spiro atoms. The van der Waals surface area contributed by atoms with Gasteiger partial charge in [-0.1, -0.05) is 36.9 Å². The number of nitrogens with one attached hydrogen (secondary N) is 2. The van der Waals surface area contributed by atoms with Crippen LogP contribution in [0.4, 0.5) is 5.69 Å². The number of amides is 1. The van der Waals surface area contributed by atoms with Crippen LogP contribution < -0.4 is 10.6 Å². The first-order valence-corrected chi connectivity index (χ1v) is 8.07. The SMILES string of the molecule is CCc1ccc(N[C@@H]2NC(=O)/C(=C/c3cccnc3)S2)cc1. The minimum atomic E-state index is -0.150. The molecular weight excluding hydrogens is 294 g/mol. The summed E-state index contributed by atoms with van der Waals surface area (Å²) in [5.74, 6) is -0.0588. The quantitative estimate of drug-likeness (QED) is 0.851. The van der Waals surface area contributed by atoms with Gasteiger partial charge in [0.15, 0.2) is 5.50 Å². The number of pyridine rings is 1. The number of hydrogen-bond donors (Lipinski definition) is 2. The van der Waals surface area contributed by atoms with E-state index >= 15 is 0 Å². The molecule has 2 heterocycles. The average Bonchev–Trinajstić information content (AvgIpc) is 2.88. The lowest BCUT2D eigenvalue weighted by Gasteiger charge is -2.12. The molecule has 0 unspecified atom stereocenters. The van der Waals surface area contributed by atoms with E-state index in [9.17, 15) is 4.79 Å².